The van der Waals surface area contributed by atoms with Crippen molar-refractivity contribution in [3.8, 4) is 0 Å². The van der Waals surface area contributed by atoms with E-state index in [-0.39, 0.29) is 31.5 Å². The smallest absolute Gasteiger partial charge is 0.306 e. The van der Waals surface area contributed by atoms with E-state index in [2.05, 4.69) is 86.8 Å². The van der Waals surface area contributed by atoms with Gasteiger partial charge < -0.3 is 28.5 Å². The van der Waals surface area contributed by atoms with Gasteiger partial charge in [0.05, 0.1) is 33.8 Å². The van der Waals surface area contributed by atoms with E-state index in [0.717, 1.165) is 89.9 Å². The van der Waals surface area contributed by atoms with Crippen LogP contribution >= 0.6 is 7.82 Å². The molecule has 0 rings (SSSR count). The van der Waals surface area contributed by atoms with Crippen molar-refractivity contribution in [3.63, 3.8) is 0 Å². The molecule has 0 saturated heterocycles. The Morgan fingerprint density at radius 2 is 0.701 bits per heavy atom. The molecule has 0 aliphatic rings. The van der Waals surface area contributed by atoms with Gasteiger partial charge in [-0.15, -0.1) is 0 Å². The molecule has 0 aliphatic carbocycles. The number of esters is 1. The van der Waals surface area contributed by atoms with Crippen LogP contribution in [0.4, 0.5) is 0 Å². The number of rotatable bonds is 68. The molecule has 87 heavy (non-hydrogen) atoms. The van der Waals surface area contributed by atoms with E-state index in [1.807, 2.05) is 33.3 Å². The Kier molecular flexibility index (Phi) is 64.4. The average molecular weight is 1240 g/mol. The fourth-order valence-electron chi connectivity index (χ4n) is 10.9. The maximum atomic E-state index is 13.6. The fourth-order valence-corrected chi connectivity index (χ4v) is 11.6. The summed E-state index contributed by atoms with van der Waals surface area (Å²) in [5.41, 5.74) is 0. The molecule has 0 spiro atoms. The van der Waals surface area contributed by atoms with Gasteiger partial charge in [-0.2, -0.15) is 0 Å². The van der Waals surface area contributed by atoms with Crippen molar-refractivity contribution >= 4 is 19.7 Å². The molecule has 0 bridgehead atoms. The van der Waals surface area contributed by atoms with Crippen LogP contribution in [0.5, 0.6) is 0 Å². The second kappa shape index (κ2) is 66.4. The predicted molar refractivity (Wildman–Crippen MR) is 376 cm³/mol. The summed E-state index contributed by atoms with van der Waals surface area (Å²) in [6.45, 7) is 6.83. The summed E-state index contributed by atoms with van der Waals surface area (Å²) in [4.78, 5) is 40.2. The first kappa shape index (κ1) is 84.5. The first-order chi connectivity index (χ1) is 42.4. The molecule has 0 saturated carbocycles. The zero-order valence-corrected chi connectivity index (χ0v) is 59.1. The van der Waals surface area contributed by atoms with Gasteiger partial charge >= 0.3 is 5.97 Å². The number of nitrogens with zero attached hydrogens (tertiary/aromatic N) is 1. The third-order valence-corrected chi connectivity index (χ3v) is 17.6. The number of nitrogens with one attached hydrogen (secondary N) is 1. The van der Waals surface area contributed by atoms with Crippen LogP contribution in [0, 0.1) is 0 Å². The molecule has 0 aromatic rings. The molecule has 1 N–H and O–H groups in total. The molecular formula is C77H143N2O7P. The number of amides is 1. The van der Waals surface area contributed by atoms with Crippen molar-refractivity contribution in [2.45, 2.75) is 367 Å². The number of hydrogen-bond acceptors (Lipinski definition) is 7. The van der Waals surface area contributed by atoms with E-state index < -0.39 is 20.0 Å². The molecule has 0 aromatic carbocycles. The Bertz CT molecular complexity index is 1720. The third kappa shape index (κ3) is 67.7. The van der Waals surface area contributed by atoms with Crippen LogP contribution in [-0.2, 0) is 27.9 Å². The Hall–Kier alpha value is -2.55. The van der Waals surface area contributed by atoms with Gasteiger partial charge in [0, 0.05) is 12.8 Å². The zero-order chi connectivity index (χ0) is 63.5. The SMILES string of the molecule is CCCCC/C=C\C/C=C\C/C=C\CCCCCCCCCCCCC(=O)NC(COP(=O)([O-])OCC[N+](C)(C)C)C(/C=C/CCCCCCCCCCC)OC(=O)CCCCCCCCCCCCCCCCCCC/C=C\C/C=C\CCCCC. The third-order valence-electron chi connectivity index (χ3n) is 16.6. The first-order valence-corrected chi connectivity index (χ1v) is 38.7. The highest BCUT2D eigenvalue weighted by Crippen LogP contribution is 2.38. The number of quaternary nitrogens is 1. The number of carbonyl (C=O) groups excluding carboxylic acids is 2. The number of phosphoric acid groups is 1. The van der Waals surface area contributed by atoms with Crippen LogP contribution in [0.1, 0.15) is 355 Å². The molecular weight excluding hydrogens is 1100 g/mol. The van der Waals surface area contributed by atoms with Gasteiger partial charge in [0.25, 0.3) is 7.82 Å². The maximum Gasteiger partial charge on any atom is 0.306 e. The Labute approximate surface area is 540 Å². The van der Waals surface area contributed by atoms with Crippen LogP contribution in [0.15, 0.2) is 72.9 Å². The molecule has 9 nitrogen and oxygen atoms in total. The van der Waals surface area contributed by atoms with E-state index in [0.29, 0.717) is 17.4 Å². The summed E-state index contributed by atoms with van der Waals surface area (Å²) >= 11 is 0. The van der Waals surface area contributed by atoms with E-state index in [4.69, 9.17) is 13.8 Å². The van der Waals surface area contributed by atoms with E-state index in [1.54, 1.807) is 0 Å². The van der Waals surface area contributed by atoms with Crippen molar-refractivity contribution in [2.24, 2.45) is 0 Å². The lowest BCUT2D eigenvalue weighted by atomic mass is 10.0. The summed E-state index contributed by atoms with van der Waals surface area (Å²) in [5.74, 6) is -0.534. The van der Waals surface area contributed by atoms with Crippen LogP contribution in [0.3, 0.4) is 0 Å². The highest BCUT2D eigenvalue weighted by atomic mass is 31.2. The fraction of sp³-hybridized carbons (Fsp3) is 0.818. The quantitative estimate of drug-likeness (QED) is 0.0212. The summed E-state index contributed by atoms with van der Waals surface area (Å²) in [7, 11) is 1.19. The summed E-state index contributed by atoms with van der Waals surface area (Å²) in [6, 6.07) is -0.892. The number of ether oxygens (including phenoxy) is 1. The molecule has 3 unspecified atom stereocenters. The van der Waals surface area contributed by atoms with Crippen molar-refractivity contribution in [1.29, 1.82) is 0 Å². The van der Waals surface area contributed by atoms with E-state index in [1.165, 1.54) is 231 Å². The van der Waals surface area contributed by atoms with Gasteiger partial charge in [0.1, 0.15) is 19.3 Å². The summed E-state index contributed by atoms with van der Waals surface area (Å²) < 4.78 is 30.5. The second-order valence-corrected chi connectivity index (χ2v) is 27.9. The average Bonchev–Trinajstić information content (AvgIpc) is 3.70. The molecule has 0 aromatic heterocycles. The molecule has 0 heterocycles. The largest absolute Gasteiger partial charge is 0.756 e. The minimum atomic E-state index is -4.71. The zero-order valence-electron chi connectivity index (χ0n) is 58.2. The number of carbonyl (C=O) groups is 2. The van der Waals surface area contributed by atoms with Crippen LogP contribution < -0.4 is 10.2 Å². The molecule has 10 heteroatoms. The van der Waals surface area contributed by atoms with Gasteiger partial charge in [0.2, 0.25) is 5.91 Å². The van der Waals surface area contributed by atoms with Crippen LogP contribution in [-0.4, -0.2) is 69.4 Å². The molecule has 0 aliphatic heterocycles. The second-order valence-electron chi connectivity index (χ2n) is 26.4. The molecule has 0 fully saturated rings. The number of likely N-dealkylation sites (N-methyl/N-ethyl adjacent to an activating group) is 1. The minimum absolute atomic E-state index is 0.0236. The van der Waals surface area contributed by atoms with Gasteiger partial charge in [-0.05, 0) is 102 Å². The number of allylic oxidation sites excluding steroid dienone is 11. The highest BCUT2D eigenvalue weighted by molar-refractivity contribution is 7.45. The minimum Gasteiger partial charge on any atom is -0.756 e. The topological polar surface area (TPSA) is 114 Å². The van der Waals surface area contributed by atoms with Gasteiger partial charge in [-0.25, -0.2) is 0 Å². The Balaban J connectivity index is 4.94. The van der Waals surface area contributed by atoms with Gasteiger partial charge in [-0.3, -0.25) is 14.2 Å². The lowest BCUT2D eigenvalue weighted by Crippen LogP contribution is -2.47. The van der Waals surface area contributed by atoms with Crippen molar-refractivity contribution < 1.29 is 37.3 Å². The summed E-state index contributed by atoms with van der Waals surface area (Å²) in [6.07, 6.45) is 87.5. The molecule has 508 valence electrons. The van der Waals surface area contributed by atoms with E-state index in [9.17, 15) is 19.0 Å². The van der Waals surface area contributed by atoms with Crippen molar-refractivity contribution in [1.82, 2.24) is 5.32 Å². The highest BCUT2D eigenvalue weighted by Gasteiger charge is 2.27. The monoisotopic (exact) mass is 1240 g/mol. The van der Waals surface area contributed by atoms with Gasteiger partial charge in [-0.1, -0.05) is 312 Å². The summed E-state index contributed by atoms with van der Waals surface area (Å²) in [5, 5.41) is 3.05. The molecule has 1 amide bonds. The van der Waals surface area contributed by atoms with Crippen LogP contribution in [0.25, 0.3) is 0 Å². The maximum absolute atomic E-state index is 13.6. The van der Waals surface area contributed by atoms with Gasteiger partial charge in [0.15, 0.2) is 0 Å². The molecule has 0 radical (unpaired) electrons. The Morgan fingerprint density at radius 1 is 0.402 bits per heavy atom. The number of hydrogen-bond donors (Lipinski definition) is 1. The standard InChI is InChI=1S/C77H143N2O7P/c1-7-10-13-16-19-22-25-27-29-31-33-35-37-38-39-40-42-44-46-48-50-52-55-58-61-64-67-70-77(81)86-75(68-65-62-59-56-53-24-21-18-15-12-9-3)74(73-85-87(82,83)84-72-71-79(4,5)6)78-76(80)69-66-63-60-57-54-51-49-47-45-43-41-36-34-32-30-28-26-23-20-17-14-11-8-2/h19-20,22-23,27-30,34,36,65,68,74-75H,7-18,21,24-26,31-33,35,37-64,66-67,69-73H2,1-6H3,(H-,78,80,82,83)/b22-19-,23-20-,29-27-,30-28-,36-34-,68-65+. The molecule has 3 atom stereocenters. The normalized spacial score (nSPS) is 13.9. The van der Waals surface area contributed by atoms with Crippen molar-refractivity contribution in [2.75, 3.05) is 40.9 Å². The number of unbranched alkanes of at least 4 members (excludes halogenated alkanes) is 42. The Morgan fingerprint density at radius 3 is 1.07 bits per heavy atom. The lowest BCUT2D eigenvalue weighted by Gasteiger charge is -2.30. The predicted octanol–water partition coefficient (Wildman–Crippen LogP) is 23.3. The van der Waals surface area contributed by atoms with Crippen molar-refractivity contribution in [3.05, 3.63) is 72.9 Å². The first-order valence-electron chi connectivity index (χ1n) is 37.2. The van der Waals surface area contributed by atoms with E-state index >= 15 is 0 Å². The van der Waals surface area contributed by atoms with Crippen LogP contribution in [0.2, 0.25) is 0 Å². The number of phosphoric ester groups is 1. The lowest BCUT2D eigenvalue weighted by molar-refractivity contribution is -0.870.